The number of amides is 1. The van der Waals surface area contributed by atoms with Gasteiger partial charge in [0.05, 0.1) is 10.8 Å². The quantitative estimate of drug-likeness (QED) is 0.847. The number of rotatable bonds is 5. The van der Waals surface area contributed by atoms with Gasteiger partial charge in [-0.25, -0.2) is 12.7 Å². The monoisotopic (exact) mass is 335 g/mol. The predicted molar refractivity (Wildman–Crippen MR) is 86.0 cm³/mol. The molecule has 3 N–H and O–H groups in total. The fourth-order valence-corrected chi connectivity index (χ4v) is 2.39. The molecule has 0 bridgehead atoms. The fraction of sp³-hybridized carbons (Fsp3) is 0.462. The Morgan fingerprint density at radius 1 is 1.29 bits per heavy atom. The Hall–Kier alpha value is -1.15. The van der Waals surface area contributed by atoms with Gasteiger partial charge < -0.3 is 11.1 Å². The van der Waals surface area contributed by atoms with Crippen molar-refractivity contribution in [2.24, 2.45) is 11.7 Å². The van der Waals surface area contributed by atoms with Crippen molar-refractivity contribution in [3.63, 3.8) is 0 Å². The Balaban J connectivity index is 0.00000400. The molecule has 120 valence electrons. The van der Waals surface area contributed by atoms with Crippen LogP contribution in [0, 0.1) is 5.92 Å². The molecule has 0 aliphatic rings. The third-order valence-electron chi connectivity index (χ3n) is 3.08. The molecule has 0 spiro atoms. The summed E-state index contributed by atoms with van der Waals surface area (Å²) in [6.45, 7) is 3.47. The zero-order valence-corrected chi connectivity index (χ0v) is 14.2. The van der Waals surface area contributed by atoms with Gasteiger partial charge in [0.2, 0.25) is 15.9 Å². The molecule has 0 saturated heterocycles. The lowest BCUT2D eigenvalue weighted by molar-refractivity contribution is -0.119. The van der Waals surface area contributed by atoms with Crippen LogP contribution in [0.4, 0.5) is 5.69 Å². The van der Waals surface area contributed by atoms with Gasteiger partial charge in [-0.2, -0.15) is 0 Å². The number of halogens is 1. The molecule has 1 rings (SSSR count). The van der Waals surface area contributed by atoms with E-state index in [1.807, 2.05) is 0 Å². The molecule has 1 aromatic rings. The zero-order valence-electron chi connectivity index (χ0n) is 12.5. The number of anilines is 1. The summed E-state index contributed by atoms with van der Waals surface area (Å²) in [7, 11) is -0.600. The molecule has 0 aliphatic carbocycles. The van der Waals surface area contributed by atoms with Gasteiger partial charge in [-0.15, -0.1) is 12.4 Å². The average molecular weight is 336 g/mol. The maximum Gasteiger partial charge on any atom is 0.242 e. The van der Waals surface area contributed by atoms with E-state index in [1.54, 1.807) is 26.0 Å². The molecule has 0 radical (unpaired) electrons. The number of benzene rings is 1. The van der Waals surface area contributed by atoms with Gasteiger partial charge in [-0.1, -0.05) is 13.0 Å². The van der Waals surface area contributed by atoms with Gasteiger partial charge >= 0.3 is 0 Å². The number of nitrogens with two attached hydrogens (primary N) is 1. The maximum absolute atomic E-state index is 12.0. The minimum atomic E-state index is -3.51. The first-order valence-electron chi connectivity index (χ1n) is 6.25. The number of nitrogens with one attached hydrogen (secondary N) is 1. The summed E-state index contributed by atoms with van der Waals surface area (Å²) in [6, 6.07) is 5.87. The Bertz CT molecular complexity index is 588. The minimum Gasteiger partial charge on any atom is -0.327 e. The molecule has 0 aliphatic heterocycles. The third-order valence-corrected chi connectivity index (χ3v) is 4.89. The largest absolute Gasteiger partial charge is 0.327 e. The van der Waals surface area contributed by atoms with Crippen LogP contribution in [0.1, 0.15) is 13.8 Å². The van der Waals surface area contributed by atoms with E-state index >= 15 is 0 Å². The lowest BCUT2D eigenvalue weighted by Gasteiger charge is -2.16. The molecule has 1 aromatic carbocycles. The summed E-state index contributed by atoms with van der Waals surface area (Å²) in [6.07, 6.45) is 0. The molecule has 21 heavy (non-hydrogen) atoms. The van der Waals surface area contributed by atoms with E-state index in [1.165, 1.54) is 26.2 Å². The summed E-state index contributed by atoms with van der Waals surface area (Å²) in [5.74, 6) is -0.594. The number of hydrogen-bond donors (Lipinski definition) is 2. The van der Waals surface area contributed by atoms with Crippen LogP contribution in [0.2, 0.25) is 0 Å². The van der Waals surface area contributed by atoms with Crippen LogP contribution in [0.5, 0.6) is 0 Å². The van der Waals surface area contributed by atoms with E-state index in [4.69, 9.17) is 5.73 Å². The van der Waals surface area contributed by atoms with Crippen LogP contribution in [0.3, 0.4) is 0 Å². The Morgan fingerprint density at radius 2 is 1.86 bits per heavy atom. The number of carbonyl (C=O) groups is 1. The first-order valence-corrected chi connectivity index (χ1v) is 7.69. The predicted octanol–water partition coefficient (Wildman–Crippen LogP) is 1.28. The maximum atomic E-state index is 12.0. The summed E-state index contributed by atoms with van der Waals surface area (Å²) >= 11 is 0. The van der Waals surface area contributed by atoms with Gasteiger partial charge in [-0.05, 0) is 25.1 Å². The number of carbonyl (C=O) groups excluding carboxylic acids is 1. The molecule has 0 fully saturated rings. The van der Waals surface area contributed by atoms with Gasteiger partial charge in [0.25, 0.3) is 0 Å². The van der Waals surface area contributed by atoms with Crippen molar-refractivity contribution in [3.05, 3.63) is 24.3 Å². The molecule has 1 amide bonds. The number of hydrogen-bond acceptors (Lipinski definition) is 4. The highest BCUT2D eigenvalue weighted by Crippen LogP contribution is 2.18. The van der Waals surface area contributed by atoms with Crippen molar-refractivity contribution >= 4 is 34.0 Å². The summed E-state index contributed by atoms with van der Waals surface area (Å²) in [5, 5.41) is 2.67. The van der Waals surface area contributed by atoms with Gasteiger partial charge in [0.1, 0.15) is 0 Å². The van der Waals surface area contributed by atoms with Crippen molar-refractivity contribution in [2.45, 2.75) is 24.8 Å². The lowest BCUT2D eigenvalue weighted by Crippen LogP contribution is -2.34. The van der Waals surface area contributed by atoms with Crippen LogP contribution in [0.15, 0.2) is 29.2 Å². The molecule has 6 nitrogen and oxygen atoms in total. The van der Waals surface area contributed by atoms with Gasteiger partial charge in [-0.3, -0.25) is 4.79 Å². The smallest absolute Gasteiger partial charge is 0.242 e. The molecule has 0 saturated carbocycles. The second kappa shape index (κ2) is 7.74. The highest BCUT2D eigenvalue weighted by atomic mass is 35.5. The lowest BCUT2D eigenvalue weighted by atomic mass is 10.0. The van der Waals surface area contributed by atoms with Crippen molar-refractivity contribution in [2.75, 3.05) is 19.4 Å². The summed E-state index contributed by atoms with van der Waals surface area (Å²) < 4.78 is 25.1. The molecule has 8 heteroatoms. The van der Waals surface area contributed by atoms with Gasteiger partial charge in [0.15, 0.2) is 0 Å². The first-order chi connectivity index (χ1) is 9.16. The molecule has 2 atom stereocenters. The summed E-state index contributed by atoms with van der Waals surface area (Å²) in [4.78, 5) is 12.0. The average Bonchev–Trinajstić information content (AvgIpc) is 2.37. The van der Waals surface area contributed by atoms with Crippen LogP contribution in [0.25, 0.3) is 0 Å². The van der Waals surface area contributed by atoms with Crippen LogP contribution in [-0.2, 0) is 14.8 Å². The van der Waals surface area contributed by atoms with E-state index in [-0.39, 0.29) is 35.2 Å². The van der Waals surface area contributed by atoms with Crippen molar-refractivity contribution < 1.29 is 13.2 Å². The molecule has 0 heterocycles. The van der Waals surface area contributed by atoms with Crippen molar-refractivity contribution in [1.82, 2.24) is 4.31 Å². The first kappa shape index (κ1) is 19.9. The number of nitrogens with zero attached hydrogens (tertiary/aromatic N) is 1. The van der Waals surface area contributed by atoms with E-state index < -0.39 is 10.0 Å². The van der Waals surface area contributed by atoms with Crippen LogP contribution >= 0.6 is 12.4 Å². The normalized spacial score (nSPS) is 14.2. The van der Waals surface area contributed by atoms with E-state index in [2.05, 4.69) is 5.32 Å². The molecule has 2 unspecified atom stereocenters. The van der Waals surface area contributed by atoms with E-state index in [0.717, 1.165) is 4.31 Å². The molecule has 0 aromatic heterocycles. The second-order valence-electron chi connectivity index (χ2n) is 4.95. The highest BCUT2D eigenvalue weighted by Gasteiger charge is 2.20. The summed E-state index contributed by atoms with van der Waals surface area (Å²) in [5.41, 5.74) is 6.10. The molecular weight excluding hydrogens is 314 g/mol. The van der Waals surface area contributed by atoms with Crippen LogP contribution in [-0.4, -0.2) is 38.8 Å². The van der Waals surface area contributed by atoms with Crippen molar-refractivity contribution in [1.29, 1.82) is 0 Å². The fourth-order valence-electron chi connectivity index (χ4n) is 1.44. The third kappa shape index (κ3) is 4.96. The van der Waals surface area contributed by atoms with E-state index in [9.17, 15) is 13.2 Å². The topological polar surface area (TPSA) is 92.5 Å². The van der Waals surface area contributed by atoms with Gasteiger partial charge in [0, 0.05) is 25.8 Å². The number of sulfonamides is 1. The van der Waals surface area contributed by atoms with E-state index in [0.29, 0.717) is 5.69 Å². The Morgan fingerprint density at radius 3 is 2.33 bits per heavy atom. The SMILES string of the molecule is CC(N)C(C)C(=O)Nc1cccc(S(=O)(=O)N(C)C)c1.Cl. The highest BCUT2D eigenvalue weighted by molar-refractivity contribution is 7.89. The zero-order chi connectivity index (χ0) is 15.5. The molecular formula is C13H22ClN3O3S. The Labute approximate surface area is 132 Å². The second-order valence-corrected chi connectivity index (χ2v) is 7.10. The standard InChI is InChI=1S/C13H21N3O3S.ClH/c1-9(10(2)14)13(17)15-11-6-5-7-12(8-11)20(18,19)16(3)4;/h5-10H,14H2,1-4H3,(H,15,17);1H. The Kier molecular flexibility index (Phi) is 7.32. The van der Waals surface area contributed by atoms with Crippen molar-refractivity contribution in [3.8, 4) is 0 Å². The minimum absolute atomic E-state index is 0. The van der Waals surface area contributed by atoms with Crippen LogP contribution < -0.4 is 11.1 Å².